The molecule has 0 aromatic heterocycles. The van der Waals surface area contributed by atoms with E-state index in [0.717, 1.165) is 37.7 Å². The maximum Gasteiger partial charge on any atom is 0.290 e. The van der Waals surface area contributed by atoms with Crippen LogP contribution in [0, 0.1) is 5.92 Å². The maximum absolute atomic E-state index is 14.5. The molecule has 3 aliphatic rings. The van der Waals surface area contributed by atoms with Gasteiger partial charge in [-0.1, -0.05) is 75.1 Å². The fourth-order valence-electron chi connectivity index (χ4n) is 7.74. The lowest BCUT2D eigenvalue weighted by Gasteiger charge is -2.35. The van der Waals surface area contributed by atoms with Crippen LogP contribution in [0.5, 0.6) is 5.75 Å². The van der Waals surface area contributed by atoms with Gasteiger partial charge in [0.1, 0.15) is 30.5 Å². The number of likely N-dealkylation sites (N-methyl/N-ethyl adjacent to an activating group) is 1. The first kappa shape index (κ1) is 42.8. The lowest BCUT2D eigenvalue weighted by molar-refractivity contribution is -0.144. The number of nitrogens with zero attached hydrogens (tertiary/aromatic N) is 2. The Kier molecular flexibility index (Phi) is 15.6. The third-order valence-electron chi connectivity index (χ3n) is 10.8. The molecule has 15 heteroatoms. The van der Waals surface area contributed by atoms with Crippen LogP contribution in [0.2, 0.25) is 0 Å². The number of ether oxygens (including phenoxy) is 2. The molecule has 2 heterocycles. The molecule has 2 aromatic rings. The molecule has 4 bridgehead atoms. The highest BCUT2D eigenvalue weighted by Gasteiger charge is 2.45. The van der Waals surface area contributed by atoms with Gasteiger partial charge in [-0.2, -0.15) is 0 Å². The summed E-state index contributed by atoms with van der Waals surface area (Å²) in [7, 11) is 3.12. The molecule has 2 aromatic carbocycles. The number of rotatable bonds is 12. The minimum atomic E-state index is -1.24. The van der Waals surface area contributed by atoms with Crippen molar-refractivity contribution in [3.05, 3.63) is 65.7 Å². The number of nitrogens with one attached hydrogen (secondary N) is 4. The summed E-state index contributed by atoms with van der Waals surface area (Å²) in [5.74, 6) is -3.83. The molecule has 6 amide bonds. The van der Waals surface area contributed by atoms with Crippen molar-refractivity contribution in [1.82, 2.24) is 31.1 Å². The number of ketones is 1. The molecule has 4 N–H and O–H groups in total. The lowest BCUT2D eigenvalue weighted by Crippen LogP contribution is -2.58. The van der Waals surface area contributed by atoms with Crippen molar-refractivity contribution >= 4 is 41.2 Å². The maximum atomic E-state index is 14.5. The first-order valence-electron chi connectivity index (χ1n) is 20.1. The molecule has 5 atom stereocenters. The fraction of sp³-hybridized carbons (Fsp3) is 0.548. The van der Waals surface area contributed by atoms with Crippen LogP contribution in [0.25, 0.3) is 0 Å². The minimum absolute atomic E-state index is 0.0911. The van der Waals surface area contributed by atoms with E-state index in [4.69, 9.17) is 9.47 Å². The van der Waals surface area contributed by atoms with Gasteiger partial charge in [0.25, 0.3) is 5.91 Å². The lowest BCUT2D eigenvalue weighted by atomic mass is 9.83. The van der Waals surface area contributed by atoms with Crippen molar-refractivity contribution < 1.29 is 43.0 Å². The van der Waals surface area contributed by atoms with Gasteiger partial charge in [-0.25, -0.2) is 0 Å². The summed E-state index contributed by atoms with van der Waals surface area (Å²) in [6, 6.07) is 12.0. The van der Waals surface area contributed by atoms with Gasteiger partial charge < -0.3 is 40.5 Å². The number of carbonyl (C=O) groups is 7. The topological polar surface area (TPSA) is 193 Å². The zero-order valence-electron chi connectivity index (χ0n) is 33.1. The van der Waals surface area contributed by atoms with Crippen LogP contribution in [0.3, 0.4) is 0 Å². The predicted molar refractivity (Wildman–Crippen MR) is 209 cm³/mol. The van der Waals surface area contributed by atoms with Gasteiger partial charge in [0, 0.05) is 33.5 Å². The van der Waals surface area contributed by atoms with E-state index in [1.807, 2.05) is 24.3 Å². The number of hydrogen-bond acceptors (Lipinski definition) is 9. The quantitative estimate of drug-likeness (QED) is 0.233. The molecule has 0 spiro atoms. The van der Waals surface area contributed by atoms with Crippen LogP contribution >= 0.6 is 0 Å². The van der Waals surface area contributed by atoms with Crippen molar-refractivity contribution in [3.63, 3.8) is 0 Å². The number of hydrogen-bond donors (Lipinski definition) is 4. The van der Waals surface area contributed by atoms with E-state index in [9.17, 15) is 33.6 Å². The van der Waals surface area contributed by atoms with Crippen LogP contribution in [0.15, 0.2) is 54.6 Å². The average molecular weight is 789 g/mol. The molecule has 1 aliphatic carbocycles. The Balaban J connectivity index is 1.28. The number of amides is 6. The Hall–Kier alpha value is -5.31. The van der Waals surface area contributed by atoms with Gasteiger partial charge in [0.05, 0.1) is 25.3 Å². The number of aryl methyl sites for hydroxylation is 1. The molecule has 1 saturated carbocycles. The van der Waals surface area contributed by atoms with E-state index in [1.54, 1.807) is 51.4 Å². The highest BCUT2D eigenvalue weighted by molar-refractivity contribution is 6.38. The number of Topliss-reactive ketones (excluding diaryl/α,β-unsaturated/α-hetero) is 1. The summed E-state index contributed by atoms with van der Waals surface area (Å²) in [6.45, 7) is 1.73. The van der Waals surface area contributed by atoms with E-state index in [0.29, 0.717) is 24.2 Å². The average Bonchev–Trinajstić information content (AvgIpc) is 3.66. The van der Waals surface area contributed by atoms with Crippen LogP contribution in [-0.2, 0) is 44.7 Å². The second kappa shape index (κ2) is 20.7. The third-order valence-corrected chi connectivity index (χ3v) is 10.8. The highest BCUT2D eigenvalue weighted by atomic mass is 16.5. The van der Waals surface area contributed by atoms with Gasteiger partial charge in [0.2, 0.25) is 35.3 Å². The highest BCUT2D eigenvalue weighted by Crippen LogP contribution is 2.30. The second-order valence-corrected chi connectivity index (χ2v) is 15.2. The molecule has 0 radical (unpaired) electrons. The number of carbonyl (C=O) groups excluding carboxylic acids is 7. The minimum Gasteiger partial charge on any atom is -0.491 e. The first-order valence-corrected chi connectivity index (χ1v) is 20.1. The molecule has 57 heavy (non-hydrogen) atoms. The summed E-state index contributed by atoms with van der Waals surface area (Å²) in [5.41, 5.74) is 1.48. The standard InChI is InChI=1S/C42H56N6O9/c1-4-12-32(38(51)40(53)43-25-35(50)46-36(41(54)47(2)3)28-14-7-5-8-15-28)44-39(52)33-24-31-26-48(33)42(55)37(29-16-9-6-10-17-29)45-34(49)20-19-27-13-11-18-30(23-27)56-21-22-57-31/h5,7-8,11,13-15,18,23,29,31-33,36-37H,4,6,9-10,12,16-17,19-22,24-26H2,1-3H3,(H,43,53)(H,44,52)(H,45,49)(H,46,50)/t31?,32-,33-,36-,37-/m0/s1. The van der Waals surface area contributed by atoms with Crippen molar-refractivity contribution in [1.29, 1.82) is 0 Å². The number of benzene rings is 2. The summed E-state index contributed by atoms with van der Waals surface area (Å²) in [4.78, 5) is 97.2. The molecular formula is C42H56N6O9. The first-order chi connectivity index (χ1) is 27.4. The number of fused-ring (bicyclic) bond motifs is 4. The fourth-order valence-corrected chi connectivity index (χ4v) is 7.74. The van der Waals surface area contributed by atoms with E-state index >= 15 is 0 Å². The van der Waals surface area contributed by atoms with Crippen LogP contribution in [0.1, 0.15) is 81.9 Å². The van der Waals surface area contributed by atoms with Gasteiger partial charge in [-0.3, -0.25) is 33.6 Å². The van der Waals surface area contributed by atoms with Crippen LogP contribution in [-0.4, -0.2) is 116 Å². The van der Waals surface area contributed by atoms with Crippen LogP contribution in [0.4, 0.5) is 0 Å². The van der Waals surface area contributed by atoms with E-state index in [2.05, 4.69) is 21.3 Å². The zero-order chi connectivity index (χ0) is 40.9. The normalized spacial score (nSPS) is 21.6. The SMILES string of the molecule is CCC[C@H](NC(=O)[C@@H]1CC2CN1C(=O)[C@H](C1CCCCC1)NC(=O)CCc1cccc(c1)OCCO2)C(=O)C(=O)NCC(=O)N[C@H](C(=O)N(C)C)c1ccccc1. The Morgan fingerprint density at radius 2 is 1.68 bits per heavy atom. The van der Waals surface area contributed by atoms with Gasteiger partial charge >= 0.3 is 0 Å². The Bertz CT molecular complexity index is 1750. The molecule has 15 nitrogen and oxygen atoms in total. The van der Waals surface area contributed by atoms with E-state index in [1.165, 1.54) is 9.80 Å². The largest absolute Gasteiger partial charge is 0.491 e. The zero-order valence-corrected chi connectivity index (χ0v) is 33.1. The summed E-state index contributed by atoms with van der Waals surface area (Å²) < 4.78 is 12.0. The summed E-state index contributed by atoms with van der Waals surface area (Å²) >= 11 is 0. The van der Waals surface area contributed by atoms with Gasteiger partial charge in [-0.05, 0) is 54.9 Å². The van der Waals surface area contributed by atoms with Crippen LogP contribution < -0.4 is 26.0 Å². The third kappa shape index (κ3) is 11.9. The molecule has 308 valence electrons. The van der Waals surface area contributed by atoms with Gasteiger partial charge in [-0.15, -0.1) is 0 Å². The molecule has 1 saturated heterocycles. The summed E-state index contributed by atoms with van der Waals surface area (Å²) in [6.07, 6.45) is 5.22. The van der Waals surface area contributed by atoms with Gasteiger partial charge in [0.15, 0.2) is 0 Å². The van der Waals surface area contributed by atoms with Crippen molar-refractivity contribution in [2.45, 2.75) is 101 Å². The molecule has 2 fully saturated rings. The monoisotopic (exact) mass is 788 g/mol. The smallest absolute Gasteiger partial charge is 0.290 e. The second-order valence-electron chi connectivity index (χ2n) is 15.2. The van der Waals surface area contributed by atoms with Crippen molar-refractivity contribution in [2.24, 2.45) is 5.92 Å². The molecule has 2 aliphatic heterocycles. The Morgan fingerprint density at radius 1 is 0.930 bits per heavy atom. The molecule has 5 rings (SSSR count). The Morgan fingerprint density at radius 3 is 2.40 bits per heavy atom. The predicted octanol–water partition coefficient (Wildman–Crippen LogP) is 1.98. The Labute approximate surface area is 333 Å². The van der Waals surface area contributed by atoms with E-state index < -0.39 is 60.3 Å². The molecule has 1 unspecified atom stereocenters. The van der Waals surface area contributed by atoms with E-state index in [-0.39, 0.29) is 62.7 Å². The van der Waals surface area contributed by atoms with Crippen molar-refractivity contribution in [2.75, 3.05) is 40.4 Å². The van der Waals surface area contributed by atoms with Crippen molar-refractivity contribution in [3.8, 4) is 5.75 Å². The molecular weight excluding hydrogens is 732 g/mol. The summed E-state index contributed by atoms with van der Waals surface area (Å²) in [5, 5.41) is 10.7.